The average molecular weight is 269 g/mol. The highest BCUT2D eigenvalue weighted by molar-refractivity contribution is 5.90. The van der Waals surface area contributed by atoms with Crippen molar-refractivity contribution >= 4 is 17.8 Å². The number of carboxylic acid groups (broad SMARTS) is 1. The van der Waals surface area contributed by atoms with Crippen LogP contribution in [0.15, 0.2) is 6.33 Å². The Morgan fingerprint density at radius 3 is 2.95 bits per heavy atom. The number of hydrogen-bond donors (Lipinski definition) is 2. The van der Waals surface area contributed by atoms with Crippen molar-refractivity contribution in [3.8, 4) is 0 Å². The Bertz CT molecular complexity index is 499. The molecule has 1 aromatic rings. The molecule has 2 rings (SSSR count). The summed E-state index contributed by atoms with van der Waals surface area (Å²) in [5.41, 5.74) is 5.52. The molecule has 1 aliphatic heterocycles. The van der Waals surface area contributed by atoms with Gasteiger partial charge >= 0.3 is 11.9 Å². The van der Waals surface area contributed by atoms with Gasteiger partial charge in [-0.2, -0.15) is 0 Å². The first-order valence-electron chi connectivity index (χ1n) is 5.83. The van der Waals surface area contributed by atoms with Crippen LogP contribution in [0.2, 0.25) is 0 Å². The van der Waals surface area contributed by atoms with E-state index in [1.165, 1.54) is 17.8 Å². The predicted molar refractivity (Wildman–Crippen MR) is 63.4 cm³/mol. The molecule has 2 heterocycles. The number of hydrogen-bond acceptors (Lipinski definition) is 6. The van der Waals surface area contributed by atoms with E-state index < -0.39 is 5.97 Å². The van der Waals surface area contributed by atoms with Crippen LogP contribution in [0.25, 0.3) is 0 Å². The minimum Gasteiger partial charge on any atom is -0.476 e. The number of carboxylic acids is 1. The molecule has 0 bridgehead atoms. The smallest absolute Gasteiger partial charge is 0.358 e. The lowest BCUT2D eigenvalue weighted by molar-refractivity contribution is -0.145. The van der Waals surface area contributed by atoms with Crippen LogP contribution in [0.1, 0.15) is 36.5 Å². The van der Waals surface area contributed by atoms with Gasteiger partial charge in [-0.15, -0.1) is 0 Å². The van der Waals surface area contributed by atoms with Gasteiger partial charge in [0.05, 0.1) is 12.4 Å². The lowest BCUT2D eigenvalue weighted by Gasteiger charge is -2.15. The molecule has 1 aliphatic rings. The van der Waals surface area contributed by atoms with Gasteiger partial charge in [-0.3, -0.25) is 9.36 Å². The Labute approximate surface area is 109 Å². The molecule has 1 saturated heterocycles. The summed E-state index contributed by atoms with van der Waals surface area (Å²) in [5.74, 6) is -1.47. The van der Waals surface area contributed by atoms with Crippen molar-refractivity contribution in [2.75, 3.05) is 12.3 Å². The van der Waals surface area contributed by atoms with Crippen molar-refractivity contribution < 1.29 is 24.2 Å². The zero-order chi connectivity index (χ0) is 14.0. The van der Waals surface area contributed by atoms with Gasteiger partial charge in [0.25, 0.3) is 0 Å². The fourth-order valence-corrected chi connectivity index (χ4v) is 1.99. The number of anilines is 1. The molecule has 0 radical (unpaired) electrons. The molecule has 0 spiro atoms. The van der Waals surface area contributed by atoms with Gasteiger partial charge in [0.2, 0.25) is 0 Å². The van der Waals surface area contributed by atoms with E-state index in [2.05, 4.69) is 4.98 Å². The first kappa shape index (κ1) is 13.3. The average Bonchev–Trinajstić information content (AvgIpc) is 2.92. The number of nitrogen functional groups attached to an aromatic ring is 1. The third-order valence-electron chi connectivity index (χ3n) is 2.90. The van der Waals surface area contributed by atoms with E-state index in [9.17, 15) is 9.59 Å². The fraction of sp³-hybridized carbons (Fsp3) is 0.545. The molecule has 8 nitrogen and oxygen atoms in total. The Morgan fingerprint density at radius 1 is 1.63 bits per heavy atom. The number of rotatable bonds is 4. The number of imidazole rings is 1. The molecular weight excluding hydrogens is 254 g/mol. The van der Waals surface area contributed by atoms with E-state index in [1.807, 2.05) is 0 Å². The summed E-state index contributed by atoms with van der Waals surface area (Å²) in [4.78, 5) is 25.3. The Hall–Kier alpha value is -2.09. The second-order valence-corrected chi connectivity index (χ2v) is 4.28. The first-order valence-corrected chi connectivity index (χ1v) is 5.83. The highest BCUT2D eigenvalue weighted by Crippen LogP contribution is 2.31. The summed E-state index contributed by atoms with van der Waals surface area (Å²) in [6.45, 7) is 1.52. The largest absolute Gasteiger partial charge is 0.476 e. The number of nitrogens with two attached hydrogens (primary N) is 1. The molecule has 1 unspecified atom stereocenters. The van der Waals surface area contributed by atoms with E-state index in [0.717, 1.165) is 0 Å². The minimum atomic E-state index is -1.18. The van der Waals surface area contributed by atoms with Gasteiger partial charge in [-0.1, -0.05) is 0 Å². The molecular formula is C11H15N3O5. The van der Waals surface area contributed by atoms with Crippen LogP contribution in [0.3, 0.4) is 0 Å². The molecule has 0 aliphatic carbocycles. The molecule has 0 aromatic carbocycles. The van der Waals surface area contributed by atoms with Gasteiger partial charge in [0.1, 0.15) is 18.7 Å². The lowest BCUT2D eigenvalue weighted by Crippen LogP contribution is -2.18. The Morgan fingerprint density at radius 2 is 2.37 bits per heavy atom. The summed E-state index contributed by atoms with van der Waals surface area (Å²) in [7, 11) is 0. The molecule has 104 valence electrons. The molecule has 1 aromatic heterocycles. The third-order valence-corrected chi connectivity index (χ3v) is 2.90. The number of aromatic carboxylic acids is 1. The Balaban J connectivity index is 2.01. The van der Waals surface area contributed by atoms with Crippen molar-refractivity contribution in [1.29, 1.82) is 0 Å². The van der Waals surface area contributed by atoms with Crippen LogP contribution < -0.4 is 5.73 Å². The van der Waals surface area contributed by atoms with Crippen LogP contribution >= 0.6 is 0 Å². The van der Waals surface area contributed by atoms with Crippen LogP contribution in [0.5, 0.6) is 0 Å². The lowest BCUT2D eigenvalue weighted by atomic mass is 10.2. The third kappa shape index (κ3) is 2.84. The van der Waals surface area contributed by atoms with Crippen LogP contribution in [-0.2, 0) is 14.3 Å². The van der Waals surface area contributed by atoms with E-state index in [4.69, 9.17) is 20.3 Å². The van der Waals surface area contributed by atoms with Crippen molar-refractivity contribution in [3.05, 3.63) is 12.0 Å². The molecule has 2 atom stereocenters. The minimum absolute atomic E-state index is 0.0608. The summed E-state index contributed by atoms with van der Waals surface area (Å²) >= 11 is 0. The number of carbonyl (C=O) groups is 2. The summed E-state index contributed by atoms with van der Waals surface area (Å²) in [6.07, 6.45) is 2.13. The Kier molecular flexibility index (Phi) is 3.70. The van der Waals surface area contributed by atoms with Gasteiger partial charge < -0.3 is 20.3 Å². The summed E-state index contributed by atoms with van der Waals surface area (Å²) < 4.78 is 12.0. The number of carbonyl (C=O) groups excluding carboxylic acids is 1. The SMILES string of the molecule is CC(=O)OC[C@@H]1CCC(n2cnc(C(=O)O)c2N)O1. The summed E-state index contributed by atoms with van der Waals surface area (Å²) in [5, 5.41) is 8.86. The van der Waals surface area contributed by atoms with E-state index in [1.54, 1.807) is 0 Å². The molecule has 0 amide bonds. The molecule has 0 saturated carbocycles. The first-order chi connectivity index (χ1) is 8.99. The molecule has 8 heteroatoms. The number of esters is 1. The van der Waals surface area contributed by atoms with Crippen LogP contribution in [0.4, 0.5) is 5.82 Å². The maximum atomic E-state index is 10.8. The zero-order valence-corrected chi connectivity index (χ0v) is 10.4. The second kappa shape index (κ2) is 5.27. The van der Waals surface area contributed by atoms with Crippen molar-refractivity contribution in [2.45, 2.75) is 32.1 Å². The predicted octanol–water partition coefficient (Wildman–Crippen LogP) is 0.404. The maximum absolute atomic E-state index is 10.8. The van der Waals surface area contributed by atoms with Crippen molar-refractivity contribution in [2.24, 2.45) is 0 Å². The van der Waals surface area contributed by atoms with Gasteiger partial charge in [-0.05, 0) is 12.8 Å². The fourth-order valence-electron chi connectivity index (χ4n) is 1.99. The van der Waals surface area contributed by atoms with Gasteiger partial charge in [0, 0.05) is 6.92 Å². The number of aromatic nitrogens is 2. The van der Waals surface area contributed by atoms with Crippen LogP contribution in [0, 0.1) is 0 Å². The standard InChI is InChI=1S/C11H15N3O5/c1-6(15)18-4-7-2-3-8(19-7)14-5-13-9(10(14)12)11(16)17/h5,7-8H,2-4,12H2,1H3,(H,16,17)/t7-,8?/m0/s1. The van der Waals surface area contributed by atoms with Crippen molar-refractivity contribution in [1.82, 2.24) is 9.55 Å². The number of nitrogens with zero attached hydrogens (tertiary/aromatic N) is 2. The zero-order valence-electron chi connectivity index (χ0n) is 10.4. The van der Waals surface area contributed by atoms with Gasteiger partial charge in [0.15, 0.2) is 5.69 Å². The second-order valence-electron chi connectivity index (χ2n) is 4.28. The number of ether oxygens (including phenoxy) is 2. The summed E-state index contributed by atoms with van der Waals surface area (Å²) in [6, 6.07) is 0. The topological polar surface area (TPSA) is 117 Å². The highest BCUT2D eigenvalue weighted by atomic mass is 16.6. The monoisotopic (exact) mass is 269 g/mol. The van der Waals surface area contributed by atoms with Crippen molar-refractivity contribution in [3.63, 3.8) is 0 Å². The molecule has 19 heavy (non-hydrogen) atoms. The quantitative estimate of drug-likeness (QED) is 0.760. The maximum Gasteiger partial charge on any atom is 0.358 e. The van der Waals surface area contributed by atoms with E-state index in [-0.39, 0.29) is 36.4 Å². The highest BCUT2D eigenvalue weighted by Gasteiger charge is 2.29. The van der Waals surface area contributed by atoms with Gasteiger partial charge in [-0.25, -0.2) is 9.78 Å². The van der Waals surface area contributed by atoms with E-state index in [0.29, 0.717) is 12.8 Å². The van der Waals surface area contributed by atoms with E-state index >= 15 is 0 Å². The van der Waals surface area contributed by atoms with Crippen LogP contribution in [-0.4, -0.2) is 39.3 Å². The molecule has 3 N–H and O–H groups in total. The normalized spacial score (nSPS) is 22.4. The molecule has 1 fully saturated rings.